The van der Waals surface area contributed by atoms with Gasteiger partial charge >= 0.3 is 10.2 Å². The molecule has 0 aromatic heterocycles. The molecule has 0 saturated carbocycles. The predicted molar refractivity (Wildman–Crippen MR) is 126 cm³/mol. The SMILES string of the molecule is CCCNC(=O)[C@@H](C)N(Cc1ccc(F)cc1)C(=O)CN(c1ccccc1)S(=O)(=O)N(C)C. The van der Waals surface area contributed by atoms with Crippen LogP contribution >= 0.6 is 0 Å². The van der Waals surface area contributed by atoms with Crippen molar-refractivity contribution >= 4 is 27.7 Å². The lowest BCUT2D eigenvalue weighted by atomic mass is 10.1. The maximum Gasteiger partial charge on any atom is 0.304 e. The second-order valence-corrected chi connectivity index (χ2v) is 9.81. The first kappa shape index (κ1) is 26.3. The number of nitrogens with zero attached hydrogens (tertiary/aromatic N) is 3. The minimum Gasteiger partial charge on any atom is -0.354 e. The molecule has 0 unspecified atom stereocenters. The summed E-state index contributed by atoms with van der Waals surface area (Å²) in [6.45, 7) is 3.46. The maximum absolute atomic E-state index is 13.4. The molecule has 0 fully saturated rings. The van der Waals surface area contributed by atoms with Crippen LogP contribution in [0.15, 0.2) is 54.6 Å². The Bertz CT molecular complexity index is 1030. The topological polar surface area (TPSA) is 90.0 Å². The molecule has 8 nitrogen and oxygen atoms in total. The molecule has 0 heterocycles. The smallest absolute Gasteiger partial charge is 0.304 e. The molecule has 0 aliphatic heterocycles. The van der Waals surface area contributed by atoms with E-state index in [9.17, 15) is 22.4 Å². The Morgan fingerprint density at radius 1 is 1.03 bits per heavy atom. The summed E-state index contributed by atoms with van der Waals surface area (Å²) in [5.74, 6) is -1.33. The Morgan fingerprint density at radius 2 is 1.64 bits per heavy atom. The Hall–Kier alpha value is -2.98. The van der Waals surface area contributed by atoms with Crippen molar-refractivity contribution in [3.8, 4) is 0 Å². The van der Waals surface area contributed by atoms with Gasteiger partial charge in [-0.25, -0.2) is 8.70 Å². The molecule has 0 aliphatic carbocycles. The van der Waals surface area contributed by atoms with E-state index in [2.05, 4.69) is 5.32 Å². The summed E-state index contributed by atoms with van der Waals surface area (Å²) in [7, 11) is -1.23. The molecule has 2 amide bonds. The van der Waals surface area contributed by atoms with Crippen LogP contribution in [0.25, 0.3) is 0 Å². The molecule has 10 heteroatoms. The van der Waals surface area contributed by atoms with Gasteiger partial charge in [-0.3, -0.25) is 9.59 Å². The number of benzene rings is 2. The normalized spacial score (nSPS) is 12.3. The predicted octanol–water partition coefficient (Wildman–Crippen LogP) is 2.38. The fourth-order valence-corrected chi connectivity index (χ4v) is 4.13. The van der Waals surface area contributed by atoms with Gasteiger partial charge in [0.25, 0.3) is 0 Å². The molecule has 1 N–H and O–H groups in total. The highest BCUT2D eigenvalue weighted by atomic mass is 32.2. The van der Waals surface area contributed by atoms with Crippen molar-refractivity contribution < 1.29 is 22.4 Å². The second kappa shape index (κ2) is 11.8. The van der Waals surface area contributed by atoms with Crippen LogP contribution in [-0.4, -0.2) is 62.7 Å². The van der Waals surface area contributed by atoms with E-state index in [0.717, 1.165) is 15.0 Å². The van der Waals surface area contributed by atoms with E-state index >= 15 is 0 Å². The Labute approximate surface area is 195 Å². The lowest BCUT2D eigenvalue weighted by molar-refractivity contribution is -0.139. The number of carbonyl (C=O) groups is 2. The fourth-order valence-electron chi connectivity index (χ4n) is 3.08. The number of anilines is 1. The highest BCUT2D eigenvalue weighted by molar-refractivity contribution is 7.90. The fraction of sp³-hybridized carbons (Fsp3) is 0.391. The third kappa shape index (κ3) is 7.00. The first-order valence-electron chi connectivity index (χ1n) is 10.6. The Kier molecular flexibility index (Phi) is 9.36. The first-order valence-corrected chi connectivity index (χ1v) is 12.0. The monoisotopic (exact) mass is 478 g/mol. The van der Waals surface area contributed by atoms with Crippen molar-refractivity contribution in [3.05, 3.63) is 66.0 Å². The number of hydrogen-bond acceptors (Lipinski definition) is 4. The van der Waals surface area contributed by atoms with Crippen molar-refractivity contribution in [1.82, 2.24) is 14.5 Å². The summed E-state index contributed by atoms with van der Waals surface area (Å²) in [5, 5.41) is 2.76. The van der Waals surface area contributed by atoms with Crippen LogP contribution in [0.3, 0.4) is 0 Å². The van der Waals surface area contributed by atoms with E-state index in [-0.39, 0.29) is 12.5 Å². The summed E-state index contributed by atoms with van der Waals surface area (Å²) in [5.41, 5.74) is 0.936. The first-order chi connectivity index (χ1) is 15.6. The Morgan fingerprint density at radius 3 is 2.18 bits per heavy atom. The zero-order valence-corrected chi connectivity index (χ0v) is 20.2. The van der Waals surface area contributed by atoms with Crippen LogP contribution < -0.4 is 9.62 Å². The van der Waals surface area contributed by atoms with Crippen molar-refractivity contribution in [3.63, 3.8) is 0 Å². The lowest BCUT2D eigenvalue weighted by Gasteiger charge is -2.32. The van der Waals surface area contributed by atoms with E-state index in [0.29, 0.717) is 17.8 Å². The summed E-state index contributed by atoms with van der Waals surface area (Å²) >= 11 is 0. The largest absolute Gasteiger partial charge is 0.354 e. The molecule has 0 aliphatic rings. The number of nitrogens with one attached hydrogen (secondary N) is 1. The van der Waals surface area contributed by atoms with Crippen LogP contribution in [0.1, 0.15) is 25.8 Å². The van der Waals surface area contributed by atoms with Crippen LogP contribution in [0.2, 0.25) is 0 Å². The Balaban J connectivity index is 2.39. The number of amides is 2. The summed E-state index contributed by atoms with van der Waals surface area (Å²) in [6.07, 6.45) is 0.729. The molecule has 2 aromatic rings. The third-order valence-corrected chi connectivity index (χ3v) is 6.87. The average Bonchev–Trinajstić information content (AvgIpc) is 2.80. The van der Waals surface area contributed by atoms with Crippen LogP contribution in [-0.2, 0) is 26.3 Å². The van der Waals surface area contributed by atoms with Gasteiger partial charge in [0.15, 0.2) is 0 Å². The number of rotatable bonds is 11. The van der Waals surface area contributed by atoms with E-state index in [1.54, 1.807) is 37.3 Å². The van der Waals surface area contributed by atoms with Crippen LogP contribution in [0.4, 0.5) is 10.1 Å². The second-order valence-electron chi connectivity index (χ2n) is 7.75. The molecule has 0 spiro atoms. The molecule has 180 valence electrons. The van der Waals surface area contributed by atoms with Gasteiger partial charge in [0.1, 0.15) is 18.4 Å². The minimum atomic E-state index is -3.99. The minimum absolute atomic E-state index is 0.0183. The molecule has 2 aromatic carbocycles. The van der Waals surface area contributed by atoms with Gasteiger partial charge in [-0.1, -0.05) is 37.3 Å². The highest BCUT2D eigenvalue weighted by Crippen LogP contribution is 2.20. The quantitative estimate of drug-likeness (QED) is 0.537. The van der Waals surface area contributed by atoms with Gasteiger partial charge in [0.05, 0.1) is 5.69 Å². The van der Waals surface area contributed by atoms with Crippen LogP contribution in [0.5, 0.6) is 0 Å². The van der Waals surface area contributed by atoms with Gasteiger partial charge < -0.3 is 10.2 Å². The molecule has 2 rings (SSSR count). The molecular formula is C23H31FN4O4S. The molecule has 0 radical (unpaired) electrons. The standard InChI is InChI=1S/C23H31FN4O4S/c1-5-15-25-23(30)18(2)27(16-19-11-13-20(24)14-12-19)22(29)17-28(33(31,32)26(3)4)21-9-7-6-8-10-21/h6-14,18H,5,15-17H2,1-4H3,(H,25,30)/t18-/m1/s1. The molecule has 1 atom stereocenters. The third-order valence-electron chi connectivity index (χ3n) is 5.05. The van der Waals surface area contributed by atoms with Crippen molar-refractivity contribution in [2.24, 2.45) is 0 Å². The zero-order chi connectivity index (χ0) is 24.6. The van der Waals surface area contributed by atoms with E-state index < -0.39 is 34.5 Å². The number of para-hydroxylation sites is 1. The van der Waals surface area contributed by atoms with E-state index in [1.807, 2.05) is 6.92 Å². The zero-order valence-electron chi connectivity index (χ0n) is 19.4. The molecule has 33 heavy (non-hydrogen) atoms. The molecule has 0 bridgehead atoms. The lowest BCUT2D eigenvalue weighted by Crippen LogP contribution is -2.52. The van der Waals surface area contributed by atoms with Gasteiger partial charge in [0, 0.05) is 27.2 Å². The number of halogens is 1. The molecular weight excluding hydrogens is 447 g/mol. The van der Waals surface area contributed by atoms with E-state index in [4.69, 9.17) is 0 Å². The van der Waals surface area contributed by atoms with Crippen molar-refractivity contribution in [2.45, 2.75) is 32.9 Å². The van der Waals surface area contributed by atoms with Crippen LogP contribution in [0, 0.1) is 5.82 Å². The summed E-state index contributed by atoms with van der Waals surface area (Å²) in [6, 6.07) is 13.0. The van der Waals surface area contributed by atoms with E-state index in [1.165, 1.54) is 43.3 Å². The number of carbonyl (C=O) groups excluding carboxylic acids is 2. The highest BCUT2D eigenvalue weighted by Gasteiger charge is 2.32. The average molecular weight is 479 g/mol. The van der Waals surface area contributed by atoms with Gasteiger partial charge in [0.2, 0.25) is 11.8 Å². The van der Waals surface area contributed by atoms with Gasteiger partial charge in [-0.15, -0.1) is 0 Å². The van der Waals surface area contributed by atoms with Gasteiger partial charge in [-0.2, -0.15) is 12.7 Å². The van der Waals surface area contributed by atoms with Crippen molar-refractivity contribution in [2.75, 3.05) is 31.5 Å². The summed E-state index contributed by atoms with van der Waals surface area (Å²) < 4.78 is 41.4. The van der Waals surface area contributed by atoms with Gasteiger partial charge in [-0.05, 0) is 43.2 Å². The maximum atomic E-state index is 13.4. The number of hydrogen-bond donors (Lipinski definition) is 1. The summed E-state index contributed by atoms with van der Waals surface area (Å²) in [4.78, 5) is 27.4. The molecule has 0 saturated heterocycles. The van der Waals surface area contributed by atoms with Crippen molar-refractivity contribution in [1.29, 1.82) is 0 Å².